The summed E-state index contributed by atoms with van der Waals surface area (Å²) in [6.45, 7) is 7.56. The Morgan fingerprint density at radius 1 is 1.53 bits per heavy atom. The summed E-state index contributed by atoms with van der Waals surface area (Å²) in [5, 5.41) is 3.28. The van der Waals surface area contributed by atoms with Gasteiger partial charge in [-0.15, -0.1) is 0 Å². The molecule has 0 aliphatic heterocycles. The fraction of sp³-hybridized carbons (Fsp3) is 0.727. The Bertz CT molecular complexity index is 296. The molecule has 0 amide bonds. The van der Waals surface area contributed by atoms with E-state index in [9.17, 15) is 4.39 Å². The van der Waals surface area contributed by atoms with E-state index in [-0.39, 0.29) is 6.67 Å². The highest BCUT2D eigenvalue weighted by atomic mass is 19.1. The molecule has 1 heterocycles. The molecule has 4 heteroatoms. The third-order valence-electron chi connectivity index (χ3n) is 2.62. The van der Waals surface area contributed by atoms with Gasteiger partial charge in [0.05, 0.1) is 18.7 Å². The first-order valence-electron chi connectivity index (χ1n) is 5.42. The molecule has 1 atom stereocenters. The van der Waals surface area contributed by atoms with Crippen LogP contribution in [-0.2, 0) is 6.54 Å². The molecule has 15 heavy (non-hydrogen) atoms. The molecule has 0 saturated heterocycles. The second kappa shape index (κ2) is 5.85. The summed E-state index contributed by atoms with van der Waals surface area (Å²) in [7, 11) is 0. The standard InChI is InChI=1S/C11H20FN3/c1-9(13-6-4-5-12)7-15-8-14-10(2)11(15)3/h8-9,13H,4-7H2,1-3H3. The number of aromatic nitrogens is 2. The van der Waals surface area contributed by atoms with E-state index in [1.807, 2.05) is 13.3 Å². The van der Waals surface area contributed by atoms with E-state index in [2.05, 4.69) is 28.7 Å². The lowest BCUT2D eigenvalue weighted by molar-refractivity contribution is 0.423. The van der Waals surface area contributed by atoms with Gasteiger partial charge in [0.25, 0.3) is 0 Å². The first kappa shape index (κ1) is 12.2. The maximum atomic E-state index is 11.9. The van der Waals surface area contributed by atoms with Crippen molar-refractivity contribution < 1.29 is 4.39 Å². The van der Waals surface area contributed by atoms with Crippen LogP contribution in [0.4, 0.5) is 4.39 Å². The van der Waals surface area contributed by atoms with Crippen molar-refractivity contribution in [3.8, 4) is 0 Å². The Hall–Kier alpha value is -0.900. The van der Waals surface area contributed by atoms with Crippen molar-refractivity contribution in [3.63, 3.8) is 0 Å². The predicted octanol–water partition coefficient (Wildman–Crippen LogP) is 1.84. The molecule has 0 aliphatic carbocycles. The molecule has 1 unspecified atom stereocenters. The van der Waals surface area contributed by atoms with Crippen LogP contribution in [0.3, 0.4) is 0 Å². The highest BCUT2D eigenvalue weighted by molar-refractivity contribution is 5.08. The molecule has 0 fully saturated rings. The third-order valence-corrected chi connectivity index (χ3v) is 2.62. The van der Waals surface area contributed by atoms with Crippen LogP contribution in [0.25, 0.3) is 0 Å². The van der Waals surface area contributed by atoms with Crippen molar-refractivity contribution in [1.29, 1.82) is 0 Å². The largest absolute Gasteiger partial charge is 0.333 e. The number of alkyl halides is 1. The second-order valence-corrected chi connectivity index (χ2v) is 3.97. The minimum atomic E-state index is -0.247. The quantitative estimate of drug-likeness (QED) is 0.731. The van der Waals surface area contributed by atoms with Crippen molar-refractivity contribution in [2.24, 2.45) is 0 Å². The van der Waals surface area contributed by atoms with Crippen LogP contribution in [0, 0.1) is 13.8 Å². The first-order chi connectivity index (χ1) is 7.15. The van der Waals surface area contributed by atoms with E-state index in [4.69, 9.17) is 0 Å². The van der Waals surface area contributed by atoms with Crippen LogP contribution in [-0.4, -0.2) is 28.8 Å². The Balaban J connectivity index is 2.37. The molecule has 1 N–H and O–H groups in total. The van der Waals surface area contributed by atoms with Crippen molar-refractivity contribution in [2.45, 2.75) is 39.8 Å². The summed E-state index contributed by atoms with van der Waals surface area (Å²) < 4.78 is 14.0. The average Bonchev–Trinajstić information content (AvgIpc) is 2.50. The molecule has 0 spiro atoms. The Kier molecular flexibility index (Phi) is 4.75. The van der Waals surface area contributed by atoms with E-state index in [1.54, 1.807) is 0 Å². The van der Waals surface area contributed by atoms with Gasteiger partial charge in [-0.25, -0.2) is 4.98 Å². The highest BCUT2D eigenvalue weighted by Gasteiger charge is 2.06. The van der Waals surface area contributed by atoms with E-state index < -0.39 is 0 Å². The zero-order valence-corrected chi connectivity index (χ0v) is 9.76. The fourth-order valence-corrected chi connectivity index (χ4v) is 1.50. The molecule has 0 radical (unpaired) electrons. The van der Waals surface area contributed by atoms with Gasteiger partial charge in [-0.3, -0.25) is 4.39 Å². The molecule has 86 valence electrons. The van der Waals surface area contributed by atoms with Crippen LogP contribution < -0.4 is 5.32 Å². The predicted molar refractivity (Wildman–Crippen MR) is 59.8 cm³/mol. The number of aryl methyl sites for hydroxylation is 1. The number of halogens is 1. The van der Waals surface area contributed by atoms with Gasteiger partial charge in [0.2, 0.25) is 0 Å². The normalized spacial score (nSPS) is 13.1. The molecule has 0 bridgehead atoms. The summed E-state index contributed by atoms with van der Waals surface area (Å²) in [5.41, 5.74) is 2.28. The lowest BCUT2D eigenvalue weighted by atomic mass is 10.3. The minimum absolute atomic E-state index is 0.247. The molecule has 3 nitrogen and oxygen atoms in total. The van der Waals surface area contributed by atoms with Gasteiger partial charge in [-0.05, 0) is 33.7 Å². The number of rotatable bonds is 6. The number of imidazole rings is 1. The topological polar surface area (TPSA) is 29.9 Å². The number of nitrogens with zero attached hydrogens (tertiary/aromatic N) is 2. The molecule has 1 rings (SSSR count). The van der Waals surface area contributed by atoms with Crippen LogP contribution in [0.15, 0.2) is 6.33 Å². The van der Waals surface area contributed by atoms with Crippen molar-refractivity contribution in [3.05, 3.63) is 17.7 Å². The van der Waals surface area contributed by atoms with Crippen molar-refractivity contribution in [1.82, 2.24) is 14.9 Å². The van der Waals surface area contributed by atoms with Crippen LogP contribution in [0.2, 0.25) is 0 Å². The Labute approximate surface area is 90.7 Å². The van der Waals surface area contributed by atoms with Crippen molar-refractivity contribution in [2.75, 3.05) is 13.2 Å². The number of nitrogens with one attached hydrogen (secondary N) is 1. The first-order valence-corrected chi connectivity index (χ1v) is 5.42. The molecule has 1 aromatic heterocycles. The molecular formula is C11H20FN3. The zero-order valence-electron chi connectivity index (χ0n) is 9.76. The summed E-state index contributed by atoms with van der Waals surface area (Å²) in [6, 6.07) is 0.351. The van der Waals surface area contributed by atoms with Gasteiger partial charge in [0.1, 0.15) is 0 Å². The van der Waals surface area contributed by atoms with Gasteiger partial charge >= 0.3 is 0 Å². The van der Waals surface area contributed by atoms with Gasteiger partial charge in [-0.2, -0.15) is 0 Å². The highest BCUT2D eigenvalue weighted by Crippen LogP contribution is 2.04. The fourth-order valence-electron chi connectivity index (χ4n) is 1.50. The monoisotopic (exact) mass is 213 g/mol. The van der Waals surface area contributed by atoms with Gasteiger partial charge in [0, 0.05) is 18.3 Å². The van der Waals surface area contributed by atoms with E-state index in [1.165, 1.54) is 5.69 Å². The van der Waals surface area contributed by atoms with Crippen LogP contribution in [0.5, 0.6) is 0 Å². The Morgan fingerprint density at radius 2 is 2.27 bits per heavy atom. The maximum absolute atomic E-state index is 11.9. The SMILES string of the molecule is Cc1ncn(CC(C)NCCCF)c1C. The van der Waals surface area contributed by atoms with Gasteiger partial charge in [-0.1, -0.05) is 0 Å². The molecular weight excluding hydrogens is 193 g/mol. The number of hydrogen-bond donors (Lipinski definition) is 1. The smallest absolute Gasteiger partial charge is 0.0951 e. The van der Waals surface area contributed by atoms with Crippen LogP contribution >= 0.6 is 0 Å². The maximum Gasteiger partial charge on any atom is 0.0951 e. The van der Waals surface area contributed by atoms with E-state index >= 15 is 0 Å². The lowest BCUT2D eigenvalue weighted by Crippen LogP contribution is -2.31. The molecule has 1 aromatic rings. The van der Waals surface area contributed by atoms with Gasteiger partial charge < -0.3 is 9.88 Å². The summed E-state index contributed by atoms with van der Waals surface area (Å²) in [5.74, 6) is 0. The van der Waals surface area contributed by atoms with Crippen LogP contribution in [0.1, 0.15) is 24.7 Å². The second-order valence-electron chi connectivity index (χ2n) is 3.97. The molecule has 0 saturated carbocycles. The van der Waals surface area contributed by atoms with E-state index in [0.29, 0.717) is 12.5 Å². The summed E-state index contributed by atoms with van der Waals surface area (Å²) in [4.78, 5) is 4.24. The lowest BCUT2D eigenvalue weighted by Gasteiger charge is -2.15. The van der Waals surface area contributed by atoms with E-state index in [0.717, 1.165) is 18.8 Å². The molecule has 0 aliphatic rings. The number of hydrogen-bond acceptors (Lipinski definition) is 2. The zero-order chi connectivity index (χ0) is 11.3. The average molecular weight is 213 g/mol. The molecule has 0 aromatic carbocycles. The summed E-state index contributed by atoms with van der Waals surface area (Å²) >= 11 is 0. The van der Waals surface area contributed by atoms with Gasteiger partial charge in [0.15, 0.2) is 0 Å². The third kappa shape index (κ3) is 3.63. The minimum Gasteiger partial charge on any atom is -0.333 e. The Morgan fingerprint density at radius 3 is 2.80 bits per heavy atom. The van der Waals surface area contributed by atoms with Crippen molar-refractivity contribution >= 4 is 0 Å². The summed E-state index contributed by atoms with van der Waals surface area (Å²) in [6.07, 6.45) is 2.45.